The summed E-state index contributed by atoms with van der Waals surface area (Å²) in [6, 6.07) is 12.3. The van der Waals surface area contributed by atoms with Crippen LogP contribution in [0, 0.1) is 0 Å². The zero-order valence-corrected chi connectivity index (χ0v) is 14.6. The Balaban J connectivity index is 1.35. The molecule has 1 saturated heterocycles. The van der Waals surface area contributed by atoms with Gasteiger partial charge in [-0.25, -0.2) is 4.98 Å². The minimum absolute atomic E-state index is 0.0333. The summed E-state index contributed by atoms with van der Waals surface area (Å²) in [5, 5.41) is 9.05. The number of aromatic nitrogens is 2. The zero-order valence-electron chi connectivity index (χ0n) is 13.8. The minimum atomic E-state index is -0.0333. The van der Waals surface area contributed by atoms with Crippen LogP contribution < -0.4 is 10.6 Å². The fourth-order valence-corrected chi connectivity index (χ4v) is 3.86. The molecule has 0 saturated carbocycles. The predicted molar refractivity (Wildman–Crippen MR) is 100 cm³/mol. The number of hydrogen-bond donors (Lipinski definition) is 2. The molecule has 1 fully saturated rings. The first-order valence-corrected chi connectivity index (χ1v) is 9.37. The molecule has 5 nitrogen and oxygen atoms in total. The molecule has 1 amide bonds. The quantitative estimate of drug-likeness (QED) is 0.738. The maximum Gasteiger partial charge on any atom is 0.230 e. The Morgan fingerprint density at radius 3 is 2.80 bits per heavy atom. The summed E-state index contributed by atoms with van der Waals surface area (Å²) < 4.78 is 2.04. The van der Waals surface area contributed by atoms with E-state index < -0.39 is 0 Å². The Labute approximate surface area is 150 Å². The monoisotopic (exact) mass is 352 g/mol. The fraction of sp³-hybridized carbons (Fsp3) is 0.263. The lowest BCUT2D eigenvalue weighted by Crippen LogP contribution is -2.15. The van der Waals surface area contributed by atoms with Gasteiger partial charge in [-0.3, -0.25) is 4.79 Å². The molecule has 128 valence electrons. The number of thiazole rings is 1. The van der Waals surface area contributed by atoms with Crippen molar-refractivity contribution in [2.24, 2.45) is 0 Å². The van der Waals surface area contributed by atoms with Gasteiger partial charge in [-0.2, -0.15) is 0 Å². The molecule has 4 rings (SSSR count). The molecule has 3 aromatic rings. The molecule has 0 spiro atoms. The van der Waals surface area contributed by atoms with Gasteiger partial charge in [0.15, 0.2) is 5.13 Å². The lowest BCUT2D eigenvalue weighted by atomic mass is 10.1. The van der Waals surface area contributed by atoms with Crippen molar-refractivity contribution in [1.82, 2.24) is 14.9 Å². The third kappa shape index (κ3) is 3.81. The Morgan fingerprint density at radius 2 is 2.08 bits per heavy atom. The number of benzene rings is 1. The number of anilines is 1. The van der Waals surface area contributed by atoms with Crippen molar-refractivity contribution >= 4 is 22.4 Å². The molecule has 1 unspecified atom stereocenters. The number of carbonyl (C=O) groups is 1. The van der Waals surface area contributed by atoms with Gasteiger partial charge >= 0.3 is 0 Å². The molecule has 3 heterocycles. The number of rotatable bonds is 5. The zero-order chi connectivity index (χ0) is 17.1. The number of nitrogens with zero attached hydrogens (tertiary/aromatic N) is 2. The molecule has 6 heteroatoms. The van der Waals surface area contributed by atoms with Crippen LogP contribution in [0.5, 0.6) is 0 Å². The van der Waals surface area contributed by atoms with Crippen LogP contribution in [0.1, 0.15) is 30.1 Å². The standard InChI is InChI=1S/C19H20N4OS/c24-18(22-19-21-17(13-25-19)16-4-3-9-20-16)12-14-5-7-15(8-6-14)23-10-1-2-11-23/h1-2,5-8,10-11,13,16,20H,3-4,9,12H2,(H,21,22,24). The Morgan fingerprint density at radius 1 is 1.28 bits per heavy atom. The second kappa shape index (κ2) is 7.21. The van der Waals surface area contributed by atoms with Crippen LogP contribution in [0.4, 0.5) is 5.13 Å². The summed E-state index contributed by atoms with van der Waals surface area (Å²) in [6.45, 7) is 1.04. The van der Waals surface area contributed by atoms with E-state index in [2.05, 4.69) is 15.6 Å². The average molecular weight is 352 g/mol. The lowest BCUT2D eigenvalue weighted by molar-refractivity contribution is -0.115. The number of carbonyl (C=O) groups excluding carboxylic acids is 1. The molecule has 2 N–H and O–H groups in total. The van der Waals surface area contributed by atoms with Gasteiger partial charge < -0.3 is 15.2 Å². The Kier molecular flexibility index (Phi) is 4.63. The third-order valence-electron chi connectivity index (χ3n) is 4.39. The van der Waals surface area contributed by atoms with Crippen molar-refractivity contribution in [3.63, 3.8) is 0 Å². The molecule has 2 aromatic heterocycles. The lowest BCUT2D eigenvalue weighted by Gasteiger charge is -2.06. The van der Waals surface area contributed by atoms with Crippen molar-refractivity contribution < 1.29 is 4.79 Å². The number of hydrogen-bond acceptors (Lipinski definition) is 4. The minimum Gasteiger partial charge on any atom is -0.324 e. The highest BCUT2D eigenvalue weighted by Gasteiger charge is 2.19. The summed E-state index contributed by atoms with van der Waals surface area (Å²) in [4.78, 5) is 16.8. The molecule has 1 aliphatic heterocycles. The van der Waals surface area contributed by atoms with Crippen LogP contribution in [0.3, 0.4) is 0 Å². The van der Waals surface area contributed by atoms with E-state index in [1.165, 1.54) is 17.8 Å². The molecule has 1 aromatic carbocycles. The van der Waals surface area contributed by atoms with Gasteiger partial charge in [0.25, 0.3) is 0 Å². The van der Waals surface area contributed by atoms with Gasteiger partial charge in [-0.15, -0.1) is 11.3 Å². The highest BCUT2D eigenvalue weighted by atomic mass is 32.1. The van der Waals surface area contributed by atoms with E-state index in [4.69, 9.17) is 0 Å². The predicted octanol–water partition coefficient (Wildman–Crippen LogP) is 3.54. The van der Waals surface area contributed by atoms with Gasteiger partial charge in [-0.05, 0) is 49.2 Å². The van der Waals surface area contributed by atoms with Crippen LogP contribution in [-0.4, -0.2) is 22.0 Å². The van der Waals surface area contributed by atoms with E-state index in [-0.39, 0.29) is 5.91 Å². The smallest absolute Gasteiger partial charge is 0.230 e. The van der Waals surface area contributed by atoms with E-state index in [0.29, 0.717) is 17.6 Å². The summed E-state index contributed by atoms with van der Waals surface area (Å²) in [5.74, 6) is -0.0333. The molecule has 1 aliphatic rings. The number of nitrogens with one attached hydrogen (secondary N) is 2. The second-order valence-electron chi connectivity index (χ2n) is 6.21. The van der Waals surface area contributed by atoms with E-state index >= 15 is 0 Å². The first kappa shape index (κ1) is 16.1. The summed E-state index contributed by atoms with van der Waals surface area (Å²) in [7, 11) is 0. The average Bonchev–Trinajstić information content (AvgIpc) is 3.37. The largest absolute Gasteiger partial charge is 0.324 e. The van der Waals surface area contributed by atoms with Gasteiger partial charge in [0.1, 0.15) is 0 Å². The normalized spacial score (nSPS) is 16.9. The van der Waals surface area contributed by atoms with Gasteiger partial charge in [0.05, 0.1) is 18.2 Å². The van der Waals surface area contributed by atoms with Crippen LogP contribution in [0.25, 0.3) is 5.69 Å². The van der Waals surface area contributed by atoms with Crippen molar-refractivity contribution in [2.75, 3.05) is 11.9 Å². The van der Waals surface area contributed by atoms with Crippen LogP contribution in [0.2, 0.25) is 0 Å². The fourth-order valence-electron chi connectivity index (χ4n) is 3.08. The molecule has 1 atom stereocenters. The van der Waals surface area contributed by atoms with Crippen molar-refractivity contribution in [3.05, 3.63) is 65.4 Å². The molecular formula is C19H20N4OS. The summed E-state index contributed by atoms with van der Waals surface area (Å²) >= 11 is 1.49. The summed E-state index contributed by atoms with van der Waals surface area (Å²) in [6.07, 6.45) is 6.65. The summed E-state index contributed by atoms with van der Waals surface area (Å²) in [5.41, 5.74) is 3.11. The van der Waals surface area contributed by atoms with Crippen LogP contribution in [-0.2, 0) is 11.2 Å². The van der Waals surface area contributed by atoms with Crippen LogP contribution >= 0.6 is 11.3 Å². The van der Waals surface area contributed by atoms with E-state index in [1.54, 1.807) is 0 Å². The van der Waals surface area contributed by atoms with Crippen molar-refractivity contribution in [2.45, 2.75) is 25.3 Å². The van der Waals surface area contributed by atoms with E-state index in [1.807, 2.05) is 58.7 Å². The first-order chi connectivity index (χ1) is 12.3. The molecule has 0 aliphatic carbocycles. The number of amides is 1. The van der Waals surface area contributed by atoms with Crippen molar-refractivity contribution in [1.29, 1.82) is 0 Å². The maximum atomic E-state index is 12.3. The Bertz CT molecular complexity index is 833. The molecule has 25 heavy (non-hydrogen) atoms. The Hall–Kier alpha value is -2.44. The van der Waals surface area contributed by atoms with Gasteiger partial charge in [0, 0.05) is 23.5 Å². The third-order valence-corrected chi connectivity index (χ3v) is 5.17. The van der Waals surface area contributed by atoms with Gasteiger partial charge in [0.2, 0.25) is 5.91 Å². The molecule has 0 bridgehead atoms. The SMILES string of the molecule is O=C(Cc1ccc(-n2cccc2)cc1)Nc1nc(C2CCCN2)cs1. The highest BCUT2D eigenvalue weighted by Crippen LogP contribution is 2.26. The topological polar surface area (TPSA) is 59.0 Å². The van der Waals surface area contributed by atoms with E-state index in [0.717, 1.165) is 29.9 Å². The first-order valence-electron chi connectivity index (χ1n) is 8.49. The van der Waals surface area contributed by atoms with Gasteiger partial charge in [-0.1, -0.05) is 12.1 Å². The molecular weight excluding hydrogens is 332 g/mol. The van der Waals surface area contributed by atoms with Crippen LogP contribution in [0.15, 0.2) is 54.2 Å². The van der Waals surface area contributed by atoms with Crippen molar-refractivity contribution in [3.8, 4) is 5.69 Å². The second-order valence-corrected chi connectivity index (χ2v) is 7.07. The van der Waals surface area contributed by atoms with E-state index in [9.17, 15) is 4.79 Å². The molecule has 0 radical (unpaired) electrons. The highest BCUT2D eigenvalue weighted by molar-refractivity contribution is 7.13. The maximum absolute atomic E-state index is 12.3.